The highest BCUT2D eigenvalue weighted by atomic mass is 16.3. The number of carbonyl (C=O) groups is 1. The zero-order chi connectivity index (χ0) is 23.7. The number of benzene rings is 4. The molecule has 0 radical (unpaired) electrons. The number of aromatic amines is 1. The number of hydrogen-bond acceptors (Lipinski definition) is 4. The van der Waals surface area contributed by atoms with Crippen molar-refractivity contribution >= 4 is 27.6 Å². The summed E-state index contributed by atoms with van der Waals surface area (Å²) in [5.41, 5.74) is 3.29. The molecule has 170 valence electrons. The fourth-order valence-corrected chi connectivity index (χ4v) is 4.32. The van der Waals surface area contributed by atoms with Crippen molar-refractivity contribution in [2.45, 2.75) is 12.5 Å². The topological polar surface area (TPSA) is 106 Å². The Labute approximate surface area is 196 Å². The maximum Gasteiger partial charge on any atom is 0.255 e. The Kier molecular flexibility index (Phi) is 5.65. The van der Waals surface area contributed by atoms with E-state index in [-0.39, 0.29) is 17.9 Å². The molecule has 0 fully saturated rings. The minimum atomic E-state index is -0.575. The van der Waals surface area contributed by atoms with Gasteiger partial charge in [0.05, 0.1) is 18.2 Å². The summed E-state index contributed by atoms with van der Waals surface area (Å²) in [6, 6.07) is 24.0. The number of H-pyrrole nitrogens is 1. The number of phenols is 2. The van der Waals surface area contributed by atoms with Crippen LogP contribution in [-0.4, -0.2) is 38.9 Å². The largest absolute Gasteiger partial charge is 0.504 e. The Morgan fingerprint density at radius 2 is 1.65 bits per heavy atom. The molecular weight excluding hydrogens is 428 g/mol. The second-order valence-electron chi connectivity index (χ2n) is 8.37. The van der Waals surface area contributed by atoms with Crippen LogP contribution in [0, 0.1) is 0 Å². The summed E-state index contributed by atoms with van der Waals surface area (Å²) in [5.74, 6) is -1.45. The predicted molar refractivity (Wildman–Crippen MR) is 133 cm³/mol. The van der Waals surface area contributed by atoms with E-state index < -0.39 is 17.7 Å². The Bertz CT molecular complexity index is 1510. The van der Waals surface area contributed by atoms with Crippen LogP contribution in [0.2, 0.25) is 0 Å². The van der Waals surface area contributed by atoms with Gasteiger partial charge in [0, 0.05) is 17.1 Å². The van der Waals surface area contributed by atoms with Gasteiger partial charge in [-0.2, -0.15) is 0 Å². The summed E-state index contributed by atoms with van der Waals surface area (Å²) < 4.78 is 0. The summed E-state index contributed by atoms with van der Waals surface area (Å²) in [4.78, 5) is 16.3. The second kappa shape index (κ2) is 8.92. The minimum absolute atomic E-state index is 0.0551. The van der Waals surface area contributed by atoms with Crippen LogP contribution in [0.15, 0.2) is 85.1 Å². The fourth-order valence-electron chi connectivity index (χ4n) is 4.32. The molecular formula is C28H24N2O4. The standard InChI is InChI=1S/C28H24N2O4/c31-16-22(12-21-15-29-25-8-4-3-7-23(21)25)30-28(34)24-13-20(14-26(32)27(24)33)19-10-9-17-5-1-2-6-18(17)11-19/h1-11,13-15,22,29,31-33H,12,16H2,(H,30,34)/t22-/m1/s1. The highest BCUT2D eigenvalue weighted by Crippen LogP contribution is 2.35. The van der Waals surface area contributed by atoms with Crippen LogP contribution in [0.1, 0.15) is 15.9 Å². The van der Waals surface area contributed by atoms with Crippen LogP contribution in [0.3, 0.4) is 0 Å². The lowest BCUT2D eigenvalue weighted by molar-refractivity contribution is 0.0913. The van der Waals surface area contributed by atoms with Gasteiger partial charge >= 0.3 is 0 Å². The molecule has 5 aromatic rings. The van der Waals surface area contributed by atoms with Gasteiger partial charge in [-0.3, -0.25) is 4.79 Å². The zero-order valence-corrected chi connectivity index (χ0v) is 18.3. The van der Waals surface area contributed by atoms with Gasteiger partial charge in [0.1, 0.15) is 0 Å². The number of aromatic nitrogens is 1. The van der Waals surface area contributed by atoms with E-state index in [1.165, 1.54) is 6.07 Å². The second-order valence-corrected chi connectivity index (χ2v) is 8.37. The minimum Gasteiger partial charge on any atom is -0.504 e. The predicted octanol–water partition coefficient (Wildman–Crippen LogP) is 4.73. The van der Waals surface area contributed by atoms with Crippen LogP contribution >= 0.6 is 0 Å². The highest BCUT2D eigenvalue weighted by molar-refractivity contribution is 6.00. The monoisotopic (exact) mass is 452 g/mol. The summed E-state index contributed by atoms with van der Waals surface area (Å²) >= 11 is 0. The van der Waals surface area contributed by atoms with E-state index >= 15 is 0 Å². The molecule has 0 aliphatic heterocycles. The molecule has 1 atom stereocenters. The van der Waals surface area contributed by atoms with Crippen molar-refractivity contribution < 1.29 is 20.1 Å². The molecule has 0 spiro atoms. The number of phenolic OH excluding ortho intramolecular Hbond substituents is 2. The Balaban J connectivity index is 1.42. The van der Waals surface area contributed by atoms with Crippen molar-refractivity contribution in [3.05, 3.63) is 96.2 Å². The average molecular weight is 453 g/mol. The average Bonchev–Trinajstić information content (AvgIpc) is 3.27. The molecule has 1 amide bonds. The summed E-state index contributed by atoms with van der Waals surface area (Å²) in [6.07, 6.45) is 2.27. The van der Waals surface area contributed by atoms with Crippen LogP contribution in [0.4, 0.5) is 0 Å². The van der Waals surface area contributed by atoms with Crippen molar-refractivity contribution in [3.8, 4) is 22.6 Å². The van der Waals surface area contributed by atoms with E-state index in [9.17, 15) is 20.1 Å². The fraction of sp³-hybridized carbons (Fsp3) is 0.107. The molecule has 4 aromatic carbocycles. The molecule has 6 nitrogen and oxygen atoms in total. The molecule has 0 unspecified atom stereocenters. The van der Waals surface area contributed by atoms with Crippen LogP contribution in [-0.2, 0) is 6.42 Å². The third-order valence-electron chi connectivity index (χ3n) is 6.11. The number of rotatable bonds is 6. The molecule has 0 saturated heterocycles. The van der Waals surface area contributed by atoms with E-state index in [4.69, 9.17) is 0 Å². The van der Waals surface area contributed by atoms with Gasteiger partial charge in [0.25, 0.3) is 5.91 Å². The molecule has 0 aliphatic rings. The van der Waals surface area contributed by atoms with Gasteiger partial charge in [-0.1, -0.05) is 54.6 Å². The first kappa shape index (κ1) is 21.6. The van der Waals surface area contributed by atoms with Crippen LogP contribution in [0.5, 0.6) is 11.5 Å². The van der Waals surface area contributed by atoms with Crippen molar-refractivity contribution in [2.75, 3.05) is 6.61 Å². The maximum atomic E-state index is 13.1. The van der Waals surface area contributed by atoms with Crippen LogP contribution < -0.4 is 5.32 Å². The molecule has 0 bridgehead atoms. The van der Waals surface area contributed by atoms with Gasteiger partial charge < -0.3 is 25.6 Å². The quantitative estimate of drug-likeness (QED) is 0.240. The number of aliphatic hydroxyl groups is 1. The molecule has 0 aliphatic carbocycles. The molecule has 1 aromatic heterocycles. The first-order chi connectivity index (χ1) is 16.5. The molecule has 6 heteroatoms. The summed E-state index contributed by atoms with van der Waals surface area (Å²) in [7, 11) is 0. The van der Waals surface area contributed by atoms with E-state index in [2.05, 4.69) is 10.3 Å². The first-order valence-corrected chi connectivity index (χ1v) is 11.1. The van der Waals surface area contributed by atoms with Crippen molar-refractivity contribution in [1.29, 1.82) is 0 Å². The zero-order valence-electron chi connectivity index (χ0n) is 18.3. The van der Waals surface area contributed by atoms with Crippen LogP contribution in [0.25, 0.3) is 32.8 Å². The van der Waals surface area contributed by atoms with Crippen molar-refractivity contribution in [1.82, 2.24) is 10.3 Å². The Morgan fingerprint density at radius 3 is 2.47 bits per heavy atom. The van der Waals surface area contributed by atoms with Gasteiger partial charge in [-0.05, 0) is 58.1 Å². The third kappa shape index (κ3) is 4.07. The summed E-state index contributed by atoms with van der Waals surface area (Å²) in [5, 5.41) is 36.6. The van der Waals surface area contributed by atoms with Crippen molar-refractivity contribution in [2.24, 2.45) is 0 Å². The number of aliphatic hydroxyl groups excluding tert-OH is 1. The Morgan fingerprint density at radius 1 is 0.882 bits per heavy atom. The van der Waals surface area contributed by atoms with Gasteiger partial charge in [-0.25, -0.2) is 0 Å². The maximum absolute atomic E-state index is 13.1. The third-order valence-corrected chi connectivity index (χ3v) is 6.11. The lowest BCUT2D eigenvalue weighted by Crippen LogP contribution is -2.39. The van der Waals surface area contributed by atoms with E-state index in [1.807, 2.05) is 72.9 Å². The number of amides is 1. The lowest BCUT2D eigenvalue weighted by atomic mass is 9.98. The number of fused-ring (bicyclic) bond motifs is 2. The molecule has 5 rings (SSSR count). The number of carbonyl (C=O) groups excluding carboxylic acids is 1. The molecule has 0 saturated carbocycles. The molecule has 1 heterocycles. The number of nitrogens with one attached hydrogen (secondary N) is 2. The lowest BCUT2D eigenvalue weighted by Gasteiger charge is -2.17. The highest BCUT2D eigenvalue weighted by Gasteiger charge is 2.21. The van der Waals surface area contributed by atoms with Gasteiger partial charge in [0.15, 0.2) is 11.5 Å². The SMILES string of the molecule is O=C(N[C@@H](CO)Cc1c[nH]c2ccccc12)c1cc(-c2ccc3ccccc3c2)cc(O)c1O. The number of hydrogen-bond donors (Lipinski definition) is 5. The Hall–Kier alpha value is -4.29. The molecule has 5 N–H and O–H groups in total. The van der Waals surface area contributed by atoms with Gasteiger partial charge in [0.2, 0.25) is 0 Å². The smallest absolute Gasteiger partial charge is 0.255 e. The van der Waals surface area contributed by atoms with E-state index in [1.54, 1.807) is 6.07 Å². The first-order valence-electron chi connectivity index (χ1n) is 11.1. The van der Waals surface area contributed by atoms with E-state index in [0.29, 0.717) is 12.0 Å². The van der Waals surface area contributed by atoms with Crippen molar-refractivity contribution in [3.63, 3.8) is 0 Å². The van der Waals surface area contributed by atoms with Gasteiger partial charge in [-0.15, -0.1) is 0 Å². The summed E-state index contributed by atoms with van der Waals surface area (Å²) in [6.45, 7) is -0.275. The molecule has 34 heavy (non-hydrogen) atoms. The number of aromatic hydroxyl groups is 2. The number of para-hydroxylation sites is 1. The van der Waals surface area contributed by atoms with E-state index in [0.717, 1.165) is 32.8 Å². The normalized spacial score (nSPS) is 12.1.